The quantitative estimate of drug-likeness (QED) is 0.563. The molecular formula is C10H10N4O3. The van der Waals surface area contributed by atoms with Crippen molar-refractivity contribution in [2.75, 3.05) is 19.0 Å². The van der Waals surface area contributed by atoms with Crippen LogP contribution >= 0.6 is 0 Å². The van der Waals surface area contributed by atoms with Crippen LogP contribution in [0, 0.1) is 10.1 Å². The topological polar surface area (TPSA) is 80.8 Å². The molecule has 0 aliphatic carbocycles. The van der Waals surface area contributed by atoms with Crippen molar-refractivity contribution in [3.05, 3.63) is 44.9 Å². The van der Waals surface area contributed by atoms with Crippen molar-refractivity contribution < 1.29 is 4.92 Å². The minimum absolute atomic E-state index is 0.0613. The minimum atomic E-state index is -0.704. The molecule has 2 aromatic rings. The first-order valence-electron chi connectivity index (χ1n) is 4.85. The fraction of sp³-hybridized carbons (Fsp3) is 0.200. The van der Waals surface area contributed by atoms with E-state index in [0.29, 0.717) is 5.65 Å². The van der Waals surface area contributed by atoms with Gasteiger partial charge in [0, 0.05) is 20.3 Å². The number of hydrogen-bond acceptors (Lipinski definition) is 5. The molecule has 2 heterocycles. The predicted octanol–water partition coefficient (Wildman–Crippen LogP) is 0.669. The average molecular weight is 234 g/mol. The van der Waals surface area contributed by atoms with Crippen LogP contribution < -0.4 is 10.5 Å². The summed E-state index contributed by atoms with van der Waals surface area (Å²) >= 11 is 0. The largest absolute Gasteiger partial charge is 0.376 e. The van der Waals surface area contributed by atoms with Crippen molar-refractivity contribution in [2.45, 2.75) is 0 Å². The zero-order valence-electron chi connectivity index (χ0n) is 9.32. The molecule has 7 nitrogen and oxygen atoms in total. The van der Waals surface area contributed by atoms with Gasteiger partial charge >= 0.3 is 11.2 Å². The first kappa shape index (κ1) is 11.1. The van der Waals surface area contributed by atoms with Gasteiger partial charge in [0.15, 0.2) is 0 Å². The SMILES string of the molecule is CN(C)c1nc2ccccn2c(=O)c1[N+](=O)[O-]. The highest BCUT2D eigenvalue weighted by Crippen LogP contribution is 2.20. The summed E-state index contributed by atoms with van der Waals surface area (Å²) in [6, 6.07) is 4.96. The molecule has 88 valence electrons. The van der Waals surface area contributed by atoms with Gasteiger partial charge in [0.25, 0.3) is 0 Å². The van der Waals surface area contributed by atoms with Crippen LogP contribution in [-0.2, 0) is 0 Å². The van der Waals surface area contributed by atoms with Gasteiger partial charge in [-0.3, -0.25) is 19.3 Å². The van der Waals surface area contributed by atoms with E-state index in [0.717, 1.165) is 4.40 Å². The number of fused-ring (bicyclic) bond motifs is 1. The van der Waals surface area contributed by atoms with Gasteiger partial charge in [0.2, 0.25) is 5.82 Å². The van der Waals surface area contributed by atoms with Crippen LogP contribution in [0.3, 0.4) is 0 Å². The van der Waals surface area contributed by atoms with Crippen LogP contribution in [0.4, 0.5) is 11.5 Å². The normalized spacial score (nSPS) is 10.5. The molecule has 2 aromatic heterocycles. The molecule has 0 aromatic carbocycles. The summed E-state index contributed by atoms with van der Waals surface area (Å²) in [4.78, 5) is 27.7. The van der Waals surface area contributed by atoms with E-state index in [9.17, 15) is 14.9 Å². The summed E-state index contributed by atoms with van der Waals surface area (Å²) in [5, 5.41) is 10.9. The maximum Gasteiger partial charge on any atom is 0.376 e. The zero-order valence-corrected chi connectivity index (χ0v) is 9.32. The third kappa shape index (κ3) is 1.71. The molecule has 0 bridgehead atoms. The maximum absolute atomic E-state index is 11.9. The maximum atomic E-state index is 11.9. The van der Waals surface area contributed by atoms with E-state index in [2.05, 4.69) is 4.98 Å². The Kier molecular flexibility index (Phi) is 2.51. The van der Waals surface area contributed by atoms with E-state index < -0.39 is 16.2 Å². The van der Waals surface area contributed by atoms with E-state index in [1.807, 2.05) is 0 Å². The number of nitro groups is 1. The number of pyridine rings is 1. The lowest BCUT2D eigenvalue weighted by atomic mass is 10.4. The summed E-state index contributed by atoms with van der Waals surface area (Å²) in [5.74, 6) is 0.0613. The Balaban J connectivity index is 2.94. The molecule has 0 saturated carbocycles. The van der Waals surface area contributed by atoms with Crippen molar-refractivity contribution in [1.29, 1.82) is 0 Å². The van der Waals surface area contributed by atoms with Gasteiger partial charge in [-0.1, -0.05) is 6.07 Å². The van der Waals surface area contributed by atoms with Crippen LogP contribution in [0.15, 0.2) is 29.2 Å². The molecule has 0 spiro atoms. The first-order chi connectivity index (χ1) is 8.02. The highest BCUT2D eigenvalue weighted by atomic mass is 16.6. The number of anilines is 1. The molecular weight excluding hydrogens is 224 g/mol. The van der Waals surface area contributed by atoms with E-state index in [4.69, 9.17) is 0 Å². The number of nitrogens with zero attached hydrogens (tertiary/aromatic N) is 4. The Bertz CT molecular complexity index is 648. The Hall–Kier alpha value is -2.44. The molecule has 0 fully saturated rings. The molecule has 0 unspecified atom stereocenters. The van der Waals surface area contributed by atoms with Gasteiger partial charge in [0.1, 0.15) is 5.65 Å². The van der Waals surface area contributed by atoms with Gasteiger partial charge < -0.3 is 4.90 Å². The van der Waals surface area contributed by atoms with Crippen LogP contribution in [-0.4, -0.2) is 28.4 Å². The number of aromatic nitrogens is 2. The first-order valence-corrected chi connectivity index (χ1v) is 4.85. The zero-order chi connectivity index (χ0) is 12.6. The summed E-state index contributed by atoms with van der Waals surface area (Å²) < 4.78 is 1.16. The number of hydrogen-bond donors (Lipinski definition) is 0. The van der Waals surface area contributed by atoms with E-state index >= 15 is 0 Å². The van der Waals surface area contributed by atoms with Gasteiger partial charge in [-0.05, 0) is 12.1 Å². The summed E-state index contributed by atoms with van der Waals surface area (Å²) in [7, 11) is 3.21. The molecule has 0 saturated heterocycles. The second-order valence-corrected chi connectivity index (χ2v) is 3.67. The van der Waals surface area contributed by atoms with Crippen LogP contribution in [0.25, 0.3) is 5.65 Å². The molecule has 0 N–H and O–H groups in total. The molecule has 0 aliphatic rings. The lowest BCUT2D eigenvalue weighted by molar-refractivity contribution is -0.385. The third-order valence-corrected chi connectivity index (χ3v) is 2.30. The van der Waals surface area contributed by atoms with Crippen molar-refractivity contribution in [3.63, 3.8) is 0 Å². The second-order valence-electron chi connectivity index (χ2n) is 3.67. The monoisotopic (exact) mass is 234 g/mol. The van der Waals surface area contributed by atoms with Gasteiger partial charge in [-0.15, -0.1) is 0 Å². The smallest absolute Gasteiger partial charge is 0.357 e. The Morgan fingerprint density at radius 2 is 2.12 bits per heavy atom. The van der Waals surface area contributed by atoms with Crippen LogP contribution in [0.2, 0.25) is 0 Å². The lowest BCUT2D eigenvalue weighted by Crippen LogP contribution is -2.24. The Morgan fingerprint density at radius 1 is 1.41 bits per heavy atom. The molecule has 7 heteroatoms. The lowest BCUT2D eigenvalue weighted by Gasteiger charge is -2.11. The molecule has 0 atom stereocenters. The fourth-order valence-electron chi connectivity index (χ4n) is 1.54. The van der Waals surface area contributed by atoms with Crippen molar-refractivity contribution in [1.82, 2.24) is 9.38 Å². The van der Waals surface area contributed by atoms with Crippen molar-refractivity contribution in [2.24, 2.45) is 0 Å². The van der Waals surface area contributed by atoms with Crippen LogP contribution in [0.5, 0.6) is 0 Å². The highest BCUT2D eigenvalue weighted by molar-refractivity contribution is 5.60. The average Bonchev–Trinajstić information content (AvgIpc) is 2.28. The van der Waals surface area contributed by atoms with Crippen LogP contribution in [0.1, 0.15) is 0 Å². The summed E-state index contributed by atoms with van der Waals surface area (Å²) in [6.45, 7) is 0. The summed E-state index contributed by atoms with van der Waals surface area (Å²) in [5.41, 5.74) is -0.810. The van der Waals surface area contributed by atoms with Gasteiger partial charge in [0.05, 0.1) is 4.92 Å². The van der Waals surface area contributed by atoms with E-state index in [1.165, 1.54) is 11.1 Å². The second kappa shape index (κ2) is 3.85. The predicted molar refractivity (Wildman–Crippen MR) is 62.4 cm³/mol. The Morgan fingerprint density at radius 3 is 2.71 bits per heavy atom. The molecule has 2 rings (SSSR count). The molecule has 17 heavy (non-hydrogen) atoms. The molecule has 0 radical (unpaired) electrons. The minimum Gasteiger partial charge on any atom is -0.357 e. The number of rotatable bonds is 2. The summed E-state index contributed by atoms with van der Waals surface area (Å²) in [6.07, 6.45) is 1.46. The van der Waals surface area contributed by atoms with Crippen molar-refractivity contribution >= 4 is 17.2 Å². The Labute approximate surface area is 96.1 Å². The highest BCUT2D eigenvalue weighted by Gasteiger charge is 2.24. The third-order valence-electron chi connectivity index (χ3n) is 2.30. The van der Waals surface area contributed by atoms with Gasteiger partial charge in [-0.2, -0.15) is 0 Å². The van der Waals surface area contributed by atoms with Gasteiger partial charge in [-0.25, -0.2) is 4.98 Å². The molecule has 0 amide bonds. The fourth-order valence-corrected chi connectivity index (χ4v) is 1.54. The van der Waals surface area contributed by atoms with Crippen molar-refractivity contribution in [3.8, 4) is 0 Å². The van der Waals surface area contributed by atoms with E-state index in [-0.39, 0.29) is 5.82 Å². The standard InChI is InChI=1S/C10H10N4O3/c1-12(2)9-8(14(16)17)10(15)13-6-4-3-5-7(13)11-9/h3-6H,1-2H3. The van der Waals surface area contributed by atoms with E-state index in [1.54, 1.807) is 32.3 Å². The molecule has 0 aliphatic heterocycles.